The van der Waals surface area contributed by atoms with Crippen molar-refractivity contribution in [2.24, 2.45) is 4.99 Å². The Morgan fingerprint density at radius 2 is 0.917 bits per heavy atom. The molecule has 16 heterocycles. The van der Waals surface area contributed by atoms with Gasteiger partial charge < -0.3 is 76.3 Å². The third-order valence-corrected chi connectivity index (χ3v) is 25.7. The number of imide groups is 1. The van der Waals surface area contributed by atoms with E-state index < -0.39 is 25.2 Å². The fourth-order valence-corrected chi connectivity index (χ4v) is 17.1. The van der Waals surface area contributed by atoms with Gasteiger partial charge in [0, 0.05) is 122 Å². The fraction of sp³-hybridized carbons (Fsp3) is 0.337. The number of benzene rings is 4. The molecule has 4 aromatic carbocycles. The van der Waals surface area contributed by atoms with Crippen LogP contribution in [0.5, 0.6) is 0 Å². The molecule has 0 spiro atoms. The minimum absolute atomic E-state index is 0. The predicted molar refractivity (Wildman–Crippen MR) is 533 cm³/mol. The van der Waals surface area contributed by atoms with E-state index in [4.69, 9.17) is 39.3 Å². The number of rotatable bonds is 9. The first-order chi connectivity index (χ1) is 61.8. The predicted octanol–water partition coefficient (Wildman–Crippen LogP) is 16.8. The molecule has 0 saturated carbocycles. The van der Waals surface area contributed by atoms with Crippen LogP contribution < -0.4 is 38.7 Å². The Bertz CT molecular complexity index is 5920. The molecule has 684 valence electrons. The minimum Gasteiger partial charge on any atom is -1.00 e. The molecule has 7 aliphatic heterocycles. The summed E-state index contributed by atoms with van der Waals surface area (Å²) in [4.78, 5) is 83.3. The standard InChI is InChI=1S/C22H21N5O.C15H13Br2N3.C15H12BrN3.C12H24B2O4.C9H10N2O.C7H9BrN2O.C6H5Br2N.C5H4N.C4H5NO2.BrH.Mg/c1-22(2,28)21-24-12-15(13-25-21)14-6-7-17-19(11-14)27-18(8-9-20(27)26-17)16-5-3-4-10-23-16;16-10-4-5-12(11(17)9-10)19-15-7-6-14(20-15)13-3-1-2-8-18-13;16-10-4-5-12-14(9-10)19-13(6-7-15(19)18-12)11-3-1-2-8-17-11;1-9(2)10(3,4)16-13(15-9)14-17-11(5,6)12(7,8)18-14;12-9-5-4-8(11-9)7-3-1-2-6-10-7;1-7(2,11)6-9-3-5(8)4-10-6;7-4-1-2-6(9)5(8)3-4;1-2-4-6-5-3-1;6-3-1-2-4(7)5-3;;/h3-7,10-13,18,28H,8-9H2,1-2H3;1-5,8-9,14H,6-7H2,(H,19,20);1-5,8-9,13H,6-7H2;1-8H3;1-3,6,8H,4-5H2,(H,11,12);3-4,11H,1-2H3;1-3H,9H2;1-4H;1-2H2,(H,5,6,7);1H;/q;;;;;;;-1;;;+2/p-1. The molecular formula is C95H103B2Br7MgN18O9. The second kappa shape index (κ2) is 47.4. The van der Waals surface area contributed by atoms with Gasteiger partial charge in [0.1, 0.15) is 28.7 Å². The maximum Gasteiger partial charge on any atom is 2.00 e. The number of amides is 3. The number of amidine groups is 1. The number of pyridine rings is 5. The van der Waals surface area contributed by atoms with Crippen molar-refractivity contribution in [2.75, 3.05) is 11.1 Å². The van der Waals surface area contributed by atoms with Crippen LogP contribution in [0.4, 0.5) is 11.4 Å². The topological polar surface area (TPSA) is 355 Å². The Morgan fingerprint density at radius 1 is 0.470 bits per heavy atom. The molecule has 7 N–H and O–H groups in total. The number of carbonyl (C=O) groups excluding carboxylic acids is 3. The van der Waals surface area contributed by atoms with E-state index in [1.165, 1.54) is 11.3 Å². The van der Waals surface area contributed by atoms with Crippen LogP contribution in [0, 0.1) is 6.20 Å². The first-order valence-electron chi connectivity index (χ1n) is 42.4. The third kappa shape index (κ3) is 28.6. The van der Waals surface area contributed by atoms with Crippen LogP contribution in [0.25, 0.3) is 33.2 Å². The van der Waals surface area contributed by atoms with Crippen LogP contribution in [0.3, 0.4) is 0 Å². The molecule has 4 atom stereocenters. The van der Waals surface area contributed by atoms with E-state index in [-0.39, 0.29) is 98.3 Å². The van der Waals surface area contributed by atoms with E-state index in [1.807, 2.05) is 189 Å². The summed E-state index contributed by atoms with van der Waals surface area (Å²) in [6, 6.07) is 54.5. The van der Waals surface area contributed by atoms with Crippen LogP contribution in [0.15, 0.2) is 251 Å². The number of imidazole rings is 2. The second-order valence-electron chi connectivity index (χ2n) is 34.3. The van der Waals surface area contributed by atoms with Crippen molar-refractivity contribution in [2.45, 2.75) is 205 Å². The number of nitrogens with two attached hydrogens (primary N) is 1. The molecule has 20 rings (SSSR count). The van der Waals surface area contributed by atoms with Crippen molar-refractivity contribution < 1.29 is 60.2 Å². The average Bonchev–Trinajstić information content (AvgIpc) is 1.59. The van der Waals surface area contributed by atoms with Crippen molar-refractivity contribution in [3.63, 3.8) is 0 Å². The number of aliphatic hydroxyl groups is 2. The molecule has 0 aliphatic carbocycles. The number of nitrogen functional groups attached to an aromatic ring is 1. The van der Waals surface area contributed by atoms with Gasteiger partial charge in [-0.05, 0) is 277 Å². The smallest absolute Gasteiger partial charge is 1.00 e. The number of aryl methyl sites for hydroxylation is 2. The SMILES string of the molecule is Brc1ccc(NC2=NC(c3ccccn3)CC2)c(Br)c1.Brc1ccc2nc3n(c2c1)C(c1ccccn1)CC3.CC(C)(O)c1ncc(-c2ccc3nc4n(c3c2)C(c2ccccn2)CC4)cn1.CC(C)(O)c1ncc(Br)cn1.CC1(C)OB(B2OC(C)(C)C(C)(C)O2)OC1(C)C.Nc1ccc(Br)cc1Br.O=C1CCC(=O)N1.O=C1CCC(c2ccccn2)N1.[Br-].[Mg+2].[c-]1ccccn1. The molecule has 13 aromatic rings. The number of aliphatic imine (C=N–C) groups is 1. The molecule has 37 heteroatoms. The summed E-state index contributed by atoms with van der Waals surface area (Å²) in [5.41, 5.74) is 14.4. The first-order valence-corrected chi connectivity index (χ1v) is 47.2. The summed E-state index contributed by atoms with van der Waals surface area (Å²) in [5.74, 6) is 3.98. The van der Waals surface area contributed by atoms with Crippen LogP contribution in [-0.4, -0.2) is 157 Å². The fourth-order valence-electron chi connectivity index (χ4n) is 14.3. The van der Waals surface area contributed by atoms with Crippen molar-refractivity contribution in [1.29, 1.82) is 0 Å². The number of anilines is 2. The molecule has 4 saturated heterocycles. The minimum atomic E-state index is -1.05. The van der Waals surface area contributed by atoms with Crippen LogP contribution in [0.2, 0.25) is 0 Å². The number of nitrogens with zero attached hydrogens (tertiary/aromatic N) is 14. The monoisotopic (exact) mass is 2240 g/mol. The largest absolute Gasteiger partial charge is 2.00 e. The maximum absolute atomic E-state index is 10.9. The number of halogens is 7. The van der Waals surface area contributed by atoms with Crippen molar-refractivity contribution in [3.8, 4) is 11.1 Å². The Balaban J connectivity index is 0.000000159. The van der Waals surface area contributed by atoms with E-state index in [9.17, 15) is 24.6 Å². The van der Waals surface area contributed by atoms with Gasteiger partial charge in [0.2, 0.25) is 17.7 Å². The normalized spacial score (nSPS) is 18.2. The average molecular weight is 2250 g/mol. The zero-order valence-electron chi connectivity index (χ0n) is 75.3. The van der Waals surface area contributed by atoms with Crippen LogP contribution in [-0.2, 0) is 57.0 Å². The molecule has 27 nitrogen and oxygen atoms in total. The number of aromatic nitrogens is 13. The summed E-state index contributed by atoms with van der Waals surface area (Å²) >= 11 is 20.4. The van der Waals surface area contributed by atoms with Gasteiger partial charge in [-0.25, -0.2) is 29.9 Å². The Kier molecular flexibility index (Phi) is 38.0. The Hall–Kier alpha value is -8.37. The maximum atomic E-state index is 10.9. The van der Waals surface area contributed by atoms with Gasteiger partial charge in [0.25, 0.3) is 0 Å². The van der Waals surface area contributed by atoms with Gasteiger partial charge in [0.05, 0.1) is 102 Å². The van der Waals surface area contributed by atoms with E-state index in [1.54, 1.807) is 70.9 Å². The molecule has 0 bridgehead atoms. The van der Waals surface area contributed by atoms with Gasteiger partial charge >= 0.3 is 37.1 Å². The Labute approximate surface area is 847 Å². The number of nitrogens with one attached hydrogen (secondary N) is 3. The zero-order chi connectivity index (χ0) is 93.3. The molecule has 7 aliphatic rings. The zero-order valence-corrected chi connectivity index (χ0v) is 87.8. The molecular weight excluding hydrogens is 2140 g/mol. The van der Waals surface area contributed by atoms with Crippen molar-refractivity contribution in [1.82, 2.24) is 74.6 Å². The van der Waals surface area contributed by atoms with Crippen molar-refractivity contribution in [3.05, 3.63) is 299 Å². The molecule has 9 aromatic heterocycles. The van der Waals surface area contributed by atoms with Crippen molar-refractivity contribution >= 4 is 190 Å². The van der Waals surface area contributed by atoms with Crippen LogP contribution >= 0.6 is 95.6 Å². The Morgan fingerprint density at radius 3 is 1.33 bits per heavy atom. The van der Waals surface area contributed by atoms with E-state index >= 15 is 0 Å². The van der Waals surface area contributed by atoms with Crippen LogP contribution in [0.1, 0.15) is 205 Å². The number of carbonyl (C=O) groups is 3. The quantitative estimate of drug-likeness (QED) is 0.0338. The van der Waals surface area contributed by atoms with E-state index in [2.05, 4.69) is 214 Å². The molecule has 3 amide bonds. The van der Waals surface area contributed by atoms with Gasteiger partial charge in [-0.2, -0.15) is 18.2 Å². The first kappa shape index (κ1) is 106. The van der Waals surface area contributed by atoms with Gasteiger partial charge in [0.15, 0.2) is 11.6 Å². The summed E-state index contributed by atoms with van der Waals surface area (Å²) < 4.78 is 34.4. The van der Waals surface area contributed by atoms with E-state index in [0.717, 1.165) is 145 Å². The molecule has 4 unspecified atom stereocenters. The molecule has 0 radical (unpaired) electrons. The summed E-state index contributed by atoms with van der Waals surface area (Å²) in [6.45, 7) is 22.9. The summed E-state index contributed by atoms with van der Waals surface area (Å²) in [7, 11) is -0.952. The van der Waals surface area contributed by atoms with Gasteiger partial charge in [-0.15, -0.1) is 0 Å². The third-order valence-electron chi connectivity index (χ3n) is 22.5. The van der Waals surface area contributed by atoms with Gasteiger partial charge in [-0.3, -0.25) is 44.6 Å². The number of hydrogen-bond acceptors (Lipinski definition) is 23. The number of hydrogen-bond donors (Lipinski definition) is 6. The second-order valence-corrected chi connectivity index (χ2v) is 39.7. The molecule has 4 fully saturated rings. The van der Waals surface area contributed by atoms with E-state index in [0.29, 0.717) is 37.0 Å². The number of fused-ring (bicyclic) bond motifs is 6. The van der Waals surface area contributed by atoms with Gasteiger partial charge in [-0.1, -0.05) is 90.5 Å². The summed E-state index contributed by atoms with van der Waals surface area (Å²) in [6.07, 6.45) is 26.6. The summed E-state index contributed by atoms with van der Waals surface area (Å²) in [5, 5.41) is 27.9. The molecule has 132 heavy (non-hydrogen) atoms.